The summed E-state index contributed by atoms with van der Waals surface area (Å²) in [4.78, 5) is 23.7. The topological polar surface area (TPSA) is 102 Å². The summed E-state index contributed by atoms with van der Waals surface area (Å²) in [6, 6.07) is 11.3. The molecule has 9 heteroatoms. The first-order chi connectivity index (χ1) is 13.8. The molecule has 0 aliphatic rings. The number of carbonyl (C=O) groups is 2. The fraction of sp³-hybridized carbons (Fsp3) is 0.200. The lowest BCUT2D eigenvalue weighted by Crippen LogP contribution is -2.30. The molecular weight excluding hydrogens is 399 g/mol. The Kier molecular flexibility index (Phi) is 8.05. The Labute approximate surface area is 168 Å². The number of sulfonamides is 1. The van der Waals surface area contributed by atoms with Crippen molar-refractivity contribution >= 4 is 21.9 Å². The molecule has 0 unspecified atom stereocenters. The van der Waals surface area contributed by atoms with Crippen molar-refractivity contribution in [3.63, 3.8) is 0 Å². The molecule has 0 bridgehead atoms. The fourth-order valence-electron chi connectivity index (χ4n) is 2.33. The van der Waals surface area contributed by atoms with Crippen molar-refractivity contribution in [3.8, 4) is 0 Å². The van der Waals surface area contributed by atoms with Gasteiger partial charge in [0, 0.05) is 13.1 Å². The molecule has 1 amide bonds. The predicted molar refractivity (Wildman–Crippen MR) is 105 cm³/mol. The molecule has 0 spiro atoms. The highest BCUT2D eigenvalue weighted by atomic mass is 32.2. The molecule has 7 nitrogen and oxygen atoms in total. The van der Waals surface area contributed by atoms with Gasteiger partial charge in [0.2, 0.25) is 10.0 Å². The van der Waals surface area contributed by atoms with E-state index < -0.39 is 28.5 Å². The summed E-state index contributed by atoms with van der Waals surface area (Å²) in [6.45, 7) is 3.20. The van der Waals surface area contributed by atoms with Crippen LogP contribution in [0.15, 0.2) is 66.1 Å². The second-order valence-electron chi connectivity index (χ2n) is 5.93. The van der Waals surface area contributed by atoms with Crippen LogP contribution in [0.2, 0.25) is 0 Å². The Bertz CT molecular complexity index is 975. The molecule has 0 aliphatic heterocycles. The average molecular weight is 420 g/mol. The van der Waals surface area contributed by atoms with Crippen LogP contribution in [0, 0.1) is 5.82 Å². The zero-order chi connectivity index (χ0) is 21.3. The van der Waals surface area contributed by atoms with Gasteiger partial charge in [-0.2, -0.15) is 0 Å². The maximum Gasteiger partial charge on any atom is 0.338 e. The highest BCUT2D eigenvalue weighted by molar-refractivity contribution is 7.89. The number of esters is 1. The van der Waals surface area contributed by atoms with Gasteiger partial charge < -0.3 is 10.1 Å². The van der Waals surface area contributed by atoms with E-state index in [2.05, 4.69) is 16.6 Å². The van der Waals surface area contributed by atoms with Gasteiger partial charge in [0.15, 0.2) is 6.61 Å². The molecule has 0 aliphatic carbocycles. The van der Waals surface area contributed by atoms with Crippen LogP contribution in [0.25, 0.3) is 0 Å². The van der Waals surface area contributed by atoms with Crippen molar-refractivity contribution in [2.24, 2.45) is 0 Å². The number of ether oxygens (including phenoxy) is 1. The molecule has 154 valence electrons. The zero-order valence-electron chi connectivity index (χ0n) is 15.6. The van der Waals surface area contributed by atoms with Crippen LogP contribution in [-0.2, 0) is 26.0 Å². The Hall–Kier alpha value is -3.04. The van der Waals surface area contributed by atoms with Crippen molar-refractivity contribution in [1.29, 1.82) is 0 Å². The third-order valence-corrected chi connectivity index (χ3v) is 5.27. The van der Waals surface area contributed by atoms with E-state index in [1.165, 1.54) is 36.4 Å². The molecule has 0 aromatic heterocycles. The highest BCUT2D eigenvalue weighted by Gasteiger charge is 2.15. The monoisotopic (exact) mass is 420 g/mol. The molecule has 0 atom stereocenters. The van der Waals surface area contributed by atoms with Gasteiger partial charge in [0.05, 0.1) is 10.5 Å². The van der Waals surface area contributed by atoms with Crippen molar-refractivity contribution in [2.45, 2.75) is 11.3 Å². The van der Waals surface area contributed by atoms with Crippen LogP contribution in [0.5, 0.6) is 0 Å². The van der Waals surface area contributed by atoms with E-state index in [1.54, 1.807) is 18.2 Å². The maximum absolute atomic E-state index is 13.5. The summed E-state index contributed by atoms with van der Waals surface area (Å²) in [7, 11) is -3.69. The van der Waals surface area contributed by atoms with Crippen LogP contribution in [0.1, 0.15) is 15.9 Å². The zero-order valence-corrected chi connectivity index (χ0v) is 16.4. The number of halogens is 1. The molecule has 2 aromatic carbocycles. The van der Waals surface area contributed by atoms with E-state index in [0.717, 1.165) is 0 Å². The Balaban J connectivity index is 1.80. The Morgan fingerprint density at radius 1 is 1.10 bits per heavy atom. The molecule has 0 heterocycles. The van der Waals surface area contributed by atoms with Gasteiger partial charge in [0.1, 0.15) is 5.82 Å². The fourth-order valence-corrected chi connectivity index (χ4v) is 3.32. The lowest BCUT2D eigenvalue weighted by atomic mass is 10.1. The van der Waals surface area contributed by atoms with E-state index in [1.807, 2.05) is 0 Å². The van der Waals surface area contributed by atoms with Crippen molar-refractivity contribution in [1.82, 2.24) is 10.0 Å². The molecule has 2 rings (SSSR count). The lowest BCUT2D eigenvalue weighted by molar-refractivity contribution is -0.124. The third-order valence-electron chi connectivity index (χ3n) is 3.83. The van der Waals surface area contributed by atoms with E-state index in [9.17, 15) is 22.4 Å². The predicted octanol–water partition coefficient (Wildman–Crippen LogP) is 1.81. The van der Waals surface area contributed by atoms with Gasteiger partial charge in [-0.3, -0.25) is 4.79 Å². The Morgan fingerprint density at radius 2 is 1.79 bits per heavy atom. The third kappa shape index (κ3) is 6.81. The molecule has 0 fully saturated rings. The van der Waals surface area contributed by atoms with Gasteiger partial charge >= 0.3 is 5.97 Å². The minimum Gasteiger partial charge on any atom is -0.452 e. The molecule has 0 saturated carbocycles. The van der Waals surface area contributed by atoms with Gasteiger partial charge in [-0.1, -0.05) is 24.3 Å². The van der Waals surface area contributed by atoms with Gasteiger partial charge in [0.25, 0.3) is 5.91 Å². The van der Waals surface area contributed by atoms with Crippen LogP contribution in [0.4, 0.5) is 4.39 Å². The first-order valence-electron chi connectivity index (χ1n) is 8.71. The smallest absolute Gasteiger partial charge is 0.338 e. The summed E-state index contributed by atoms with van der Waals surface area (Å²) in [6.07, 6.45) is 1.72. The largest absolute Gasteiger partial charge is 0.452 e. The normalized spacial score (nSPS) is 10.9. The Morgan fingerprint density at radius 3 is 2.45 bits per heavy atom. The van der Waals surface area contributed by atoms with E-state index in [-0.39, 0.29) is 29.4 Å². The van der Waals surface area contributed by atoms with Crippen LogP contribution in [-0.4, -0.2) is 40.0 Å². The standard InChI is InChI=1S/C20H21FN2O5S/c1-2-12-23-29(26,27)17-9-7-16(8-10-17)20(25)28-14-19(24)22-13-11-15-5-3-4-6-18(15)21/h2-10,23H,1,11-14H2,(H,22,24). The minimum atomic E-state index is -3.69. The summed E-state index contributed by atoms with van der Waals surface area (Å²) in [5.74, 6) is -1.64. The van der Waals surface area contributed by atoms with Crippen LogP contribution in [0.3, 0.4) is 0 Å². The van der Waals surface area contributed by atoms with Gasteiger partial charge in [-0.25, -0.2) is 22.3 Å². The first-order valence-corrected chi connectivity index (χ1v) is 10.2. The summed E-state index contributed by atoms with van der Waals surface area (Å²) >= 11 is 0. The number of rotatable bonds is 10. The van der Waals surface area contributed by atoms with Gasteiger partial charge in [-0.05, 0) is 42.3 Å². The minimum absolute atomic E-state index is 0.0122. The van der Waals surface area contributed by atoms with E-state index in [0.29, 0.717) is 12.0 Å². The highest BCUT2D eigenvalue weighted by Crippen LogP contribution is 2.11. The molecule has 2 N–H and O–H groups in total. The number of carbonyl (C=O) groups excluding carboxylic acids is 2. The number of amides is 1. The van der Waals surface area contributed by atoms with E-state index >= 15 is 0 Å². The summed E-state index contributed by atoms with van der Waals surface area (Å²) in [5.41, 5.74) is 0.578. The average Bonchev–Trinajstić information content (AvgIpc) is 2.72. The number of benzene rings is 2. The number of hydrogen-bond donors (Lipinski definition) is 2. The van der Waals surface area contributed by atoms with Crippen LogP contribution >= 0.6 is 0 Å². The SMILES string of the molecule is C=CCNS(=O)(=O)c1ccc(C(=O)OCC(=O)NCCc2ccccc2F)cc1. The van der Waals surface area contributed by atoms with Crippen molar-refractivity contribution in [2.75, 3.05) is 19.7 Å². The van der Waals surface area contributed by atoms with Crippen LogP contribution < -0.4 is 10.0 Å². The molecule has 0 saturated heterocycles. The number of nitrogens with one attached hydrogen (secondary N) is 2. The summed E-state index contributed by atoms with van der Waals surface area (Å²) in [5, 5.41) is 2.54. The first kappa shape index (κ1) is 22.3. The maximum atomic E-state index is 13.5. The van der Waals surface area contributed by atoms with E-state index in [4.69, 9.17) is 4.74 Å². The quantitative estimate of drug-likeness (QED) is 0.451. The summed E-state index contributed by atoms with van der Waals surface area (Å²) < 4.78 is 44.6. The van der Waals surface area contributed by atoms with Crippen molar-refractivity contribution < 1.29 is 27.1 Å². The lowest BCUT2D eigenvalue weighted by Gasteiger charge is -2.08. The second-order valence-corrected chi connectivity index (χ2v) is 7.70. The van der Waals surface area contributed by atoms with Crippen molar-refractivity contribution in [3.05, 3.63) is 78.1 Å². The molecule has 0 radical (unpaired) electrons. The second kappa shape index (κ2) is 10.5. The molecule has 29 heavy (non-hydrogen) atoms. The van der Waals surface area contributed by atoms with Gasteiger partial charge in [-0.15, -0.1) is 6.58 Å². The molecule has 2 aromatic rings. The molecular formula is C20H21FN2O5S. The number of hydrogen-bond acceptors (Lipinski definition) is 5.